The molecule has 0 radical (unpaired) electrons. The fraction of sp³-hybridized carbons (Fsp3) is 0.292. The number of halogens is 2. The Kier molecular flexibility index (Phi) is 6.00. The zero-order valence-electron chi connectivity index (χ0n) is 17.4. The molecule has 3 aromatic rings. The third kappa shape index (κ3) is 4.18. The fourth-order valence-corrected chi connectivity index (χ4v) is 4.43. The van der Waals surface area contributed by atoms with E-state index in [-0.39, 0.29) is 5.91 Å². The van der Waals surface area contributed by atoms with Gasteiger partial charge in [-0.05, 0) is 18.2 Å². The highest BCUT2D eigenvalue weighted by molar-refractivity contribution is 6.42. The van der Waals surface area contributed by atoms with Gasteiger partial charge in [0, 0.05) is 42.7 Å². The molecule has 2 aliphatic heterocycles. The second-order valence-corrected chi connectivity index (χ2v) is 8.68. The number of carbonyl (C=O) groups is 1. The van der Waals surface area contributed by atoms with Crippen molar-refractivity contribution in [2.75, 3.05) is 37.7 Å². The van der Waals surface area contributed by atoms with E-state index < -0.39 is 0 Å². The molecule has 0 N–H and O–H groups in total. The van der Waals surface area contributed by atoms with Crippen molar-refractivity contribution >= 4 is 34.9 Å². The van der Waals surface area contributed by atoms with Crippen LogP contribution in [0.25, 0.3) is 11.4 Å². The Hall–Kier alpha value is -2.67. The summed E-state index contributed by atoms with van der Waals surface area (Å²) in [5.41, 5.74) is 3.52. The molecular formula is C24H22Cl2N4O2. The van der Waals surface area contributed by atoms with Crippen LogP contribution in [0.5, 0.6) is 0 Å². The predicted molar refractivity (Wildman–Crippen MR) is 125 cm³/mol. The summed E-state index contributed by atoms with van der Waals surface area (Å²) >= 11 is 12.2. The van der Waals surface area contributed by atoms with Crippen LogP contribution in [0, 0.1) is 0 Å². The number of hydrogen-bond acceptors (Lipinski definition) is 5. The van der Waals surface area contributed by atoms with Crippen LogP contribution in [0.3, 0.4) is 0 Å². The van der Waals surface area contributed by atoms with E-state index in [0.29, 0.717) is 48.3 Å². The first-order valence-corrected chi connectivity index (χ1v) is 11.4. The fourth-order valence-electron chi connectivity index (χ4n) is 4.13. The van der Waals surface area contributed by atoms with E-state index in [1.165, 1.54) is 0 Å². The number of fused-ring (bicyclic) bond motifs is 1. The first kappa shape index (κ1) is 21.2. The summed E-state index contributed by atoms with van der Waals surface area (Å²) in [7, 11) is 0. The summed E-state index contributed by atoms with van der Waals surface area (Å²) in [4.78, 5) is 27.1. The number of rotatable bonds is 3. The van der Waals surface area contributed by atoms with Crippen LogP contribution in [0.1, 0.15) is 21.6 Å². The van der Waals surface area contributed by atoms with Gasteiger partial charge in [0.2, 0.25) is 0 Å². The smallest absolute Gasteiger partial charge is 0.254 e. The average molecular weight is 469 g/mol. The van der Waals surface area contributed by atoms with Gasteiger partial charge in [-0.3, -0.25) is 4.79 Å². The SMILES string of the molecule is O=C(c1ccc(Cl)c(Cl)c1)N1CCc2nc(-c3ccccc3)nc(N3CCOCC3)c2C1. The summed E-state index contributed by atoms with van der Waals surface area (Å²) in [6.07, 6.45) is 0.669. The van der Waals surface area contributed by atoms with Crippen molar-refractivity contribution in [2.45, 2.75) is 13.0 Å². The zero-order chi connectivity index (χ0) is 22.1. The van der Waals surface area contributed by atoms with E-state index in [1.807, 2.05) is 35.2 Å². The lowest BCUT2D eigenvalue weighted by molar-refractivity contribution is 0.0733. The van der Waals surface area contributed by atoms with Gasteiger partial charge in [0.25, 0.3) is 5.91 Å². The quantitative estimate of drug-likeness (QED) is 0.566. The maximum absolute atomic E-state index is 13.2. The van der Waals surface area contributed by atoms with E-state index in [4.69, 9.17) is 37.9 Å². The number of hydrogen-bond donors (Lipinski definition) is 0. The summed E-state index contributed by atoms with van der Waals surface area (Å²) in [5.74, 6) is 1.54. The predicted octanol–water partition coefficient (Wildman–Crippen LogP) is 4.49. The molecule has 0 bridgehead atoms. The van der Waals surface area contributed by atoms with Crippen molar-refractivity contribution in [3.8, 4) is 11.4 Å². The van der Waals surface area contributed by atoms with Gasteiger partial charge < -0.3 is 14.5 Å². The van der Waals surface area contributed by atoms with E-state index in [9.17, 15) is 4.79 Å². The molecule has 0 unspecified atom stereocenters. The summed E-state index contributed by atoms with van der Waals surface area (Å²) in [5, 5.41) is 0.809. The average Bonchev–Trinajstić information content (AvgIpc) is 2.85. The number of amides is 1. The Morgan fingerprint density at radius 2 is 1.72 bits per heavy atom. The molecule has 1 fully saturated rings. The van der Waals surface area contributed by atoms with Crippen molar-refractivity contribution in [1.29, 1.82) is 0 Å². The third-order valence-electron chi connectivity index (χ3n) is 5.83. The number of ether oxygens (including phenoxy) is 1. The van der Waals surface area contributed by atoms with Crippen molar-refractivity contribution in [1.82, 2.24) is 14.9 Å². The Balaban J connectivity index is 1.51. The van der Waals surface area contributed by atoms with Gasteiger partial charge in [0.05, 0.1) is 35.5 Å². The second-order valence-electron chi connectivity index (χ2n) is 7.87. The molecule has 6 nitrogen and oxygen atoms in total. The number of anilines is 1. The van der Waals surface area contributed by atoms with Gasteiger partial charge in [0.1, 0.15) is 5.82 Å². The molecule has 0 spiro atoms. The monoisotopic (exact) mass is 468 g/mol. The van der Waals surface area contributed by atoms with E-state index in [1.54, 1.807) is 18.2 Å². The van der Waals surface area contributed by atoms with Gasteiger partial charge in [-0.15, -0.1) is 0 Å². The normalized spacial score (nSPS) is 16.1. The maximum Gasteiger partial charge on any atom is 0.254 e. The Morgan fingerprint density at radius 1 is 0.938 bits per heavy atom. The molecule has 8 heteroatoms. The minimum Gasteiger partial charge on any atom is -0.378 e. The number of benzene rings is 2. The zero-order valence-corrected chi connectivity index (χ0v) is 18.9. The molecule has 3 heterocycles. The first-order valence-electron chi connectivity index (χ1n) is 10.6. The van der Waals surface area contributed by atoms with Crippen molar-refractivity contribution in [3.05, 3.63) is 75.4 Å². The molecule has 2 aromatic carbocycles. The van der Waals surface area contributed by atoms with Crippen molar-refractivity contribution < 1.29 is 9.53 Å². The van der Waals surface area contributed by atoms with Crippen LogP contribution in [0.2, 0.25) is 10.0 Å². The molecule has 1 saturated heterocycles. The standard InChI is InChI=1S/C24H22Cl2N4O2/c25-19-7-6-17(14-20(19)26)24(31)30-9-8-21-18(15-30)23(29-10-12-32-13-11-29)28-22(27-21)16-4-2-1-3-5-16/h1-7,14H,8-13,15H2. The lowest BCUT2D eigenvalue weighted by Gasteiger charge is -2.34. The van der Waals surface area contributed by atoms with E-state index in [2.05, 4.69) is 4.90 Å². The minimum absolute atomic E-state index is 0.0747. The van der Waals surface area contributed by atoms with Gasteiger partial charge in [-0.1, -0.05) is 53.5 Å². The minimum atomic E-state index is -0.0747. The number of aromatic nitrogens is 2. The molecule has 0 aliphatic carbocycles. The Labute approximate surface area is 196 Å². The molecule has 164 valence electrons. The second kappa shape index (κ2) is 9.06. The van der Waals surface area contributed by atoms with Crippen LogP contribution >= 0.6 is 23.2 Å². The molecular weight excluding hydrogens is 447 g/mol. The lowest BCUT2D eigenvalue weighted by atomic mass is 10.0. The molecule has 5 rings (SSSR count). The Morgan fingerprint density at radius 3 is 2.47 bits per heavy atom. The van der Waals surface area contributed by atoms with Crippen LogP contribution in [0.15, 0.2) is 48.5 Å². The van der Waals surface area contributed by atoms with Crippen LogP contribution < -0.4 is 4.90 Å². The molecule has 0 atom stereocenters. The molecule has 1 amide bonds. The summed E-state index contributed by atoms with van der Waals surface area (Å²) in [6.45, 7) is 3.88. The largest absolute Gasteiger partial charge is 0.378 e. The van der Waals surface area contributed by atoms with Crippen LogP contribution in [-0.2, 0) is 17.7 Å². The summed E-state index contributed by atoms with van der Waals surface area (Å²) < 4.78 is 5.55. The molecule has 1 aromatic heterocycles. The Bertz CT molecular complexity index is 1150. The topological polar surface area (TPSA) is 58.6 Å². The maximum atomic E-state index is 13.2. The number of carbonyl (C=O) groups excluding carboxylic acids is 1. The number of morpholine rings is 1. The van der Waals surface area contributed by atoms with Gasteiger partial charge in [0.15, 0.2) is 5.82 Å². The molecule has 32 heavy (non-hydrogen) atoms. The third-order valence-corrected chi connectivity index (χ3v) is 6.57. The molecule has 0 saturated carbocycles. The van der Waals surface area contributed by atoms with Crippen molar-refractivity contribution in [3.63, 3.8) is 0 Å². The van der Waals surface area contributed by atoms with Crippen LogP contribution in [-0.4, -0.2) is 53.6 Å². The lowest BCUT2D eigenvalue weighted by Crippen LogP contribution is -2.41. The van der Waals surface area contributed by atoms with Gasteiger partial charge >= 0.3 is 0 Å². The number of nitrogens with zero attached hydrogens (tertiary/aromatic N) is 4. The first-order chi connectivity index (χ1) is 15.6. The van der Waals surface area contributed by atoms with Gasteiger partial charge in [-0.2, -0.15) is 0 Å². The van der Waals surface area contributed by atoms with E-state index in [0.717, 1.165) is 41.6 Å². The van der Waals surface area contributed by atoms with Crippen LogP contribution in [0.4, 0.5) is 5.82 Å². The highest BCUT2D eigenvalue weighted by Crippen LogP contribution is 2.31. The van der Waals surface area contributed by atoms with Gasteiger partial charge in [-0.25, -0.2) is 9.97 Å². The highest BCUT2D eigenvalue weighted by Gasteiger charge is 2.29. The van der Waals surface area contributed by atoms with E-state index >= 15 is 0 Å². The molecule has 2 aliphatic rings. The van der Waals surface area contributed by atoms with Crippen molar-refractivity contribution in [2.24, 2.45) is 0 Å². The highest BCUT2D eigenvalue weighted by atomic mass is 35.5. The summed E-state index contributed by atoms with van der Waals surface area (Å²) in [6, 6.07) is 15.0.